The van der Waals surface area contributed by atoms with Gasteiger partial charge in [0.2, 0.25) is 11.6 Å². The lowest BCUT2D eigenvalue weighted by molar-refractivity contribution is -0.157. The normalized spacial score (nSPS) is 18.6. The van der Waals surface area contributed by atoms with Crippen LogP contribution < -0.4 is 0 Å². The van der Waals surface area contributed by atoms with Crippen LogP contribution in [0.1, 0.15) is 55.4 Å². The van der Waals surface area contributed by atoms with Gasteiger partial charge in [-0.15, -0.1) is 0 Å². The summed E-state index contributed by atoms with van der Waals surface area (Å²) in [6.07, 6.45) is 1.03. The second-order valence-electron chi connectivity index (χ2n) is 7.80. The van der Waals surface area contributed by atoms with E-state index in [1.165, 1.54) is 13.8 Å². The summed E-state index contributed by atoms with van der Waals surface area (Å²) in [4.78, 5) is 48.0. The molecule has 0 saturated heterocycles. The third kappa shape index (κ3) is 2.74. The SMILES string of the molecule is CC(C)(C)C(C)(C=O)C(=O)C(=O)C(C)(C=O)C(C)(C)C. The van der Waals surface area contributed by atoms with Gasteiger partial charge < -0.3 is 9.59 Å². The van der Waals surface area contributed by atoms with E-state index in [1.807, 2.05) is 0 Å². The Hall–Kier alpha value is -1.32. The molecule has 0 aliphatic rings. The van der Waals surface area contributed by atoms with Crippen molar-refractivity contribution in [3.05, 3.63) is 0 Å². The van der Waals surface area contributed by atoms with Crippen LogP contribution in [0.15, 0.2) is 0 Å². The zero-order valence-corrected chi connectivity index (χ0v) is 13.8. The van der Waals surface area contributed by atoms with E-state index < -0.39 is 33.2 Å². The third-order valence-electron chi connectivity index (χ3n) is 4.74. The number of Topliss-reactive ketones (excluding diaryl/α,β-unsaturated/α-hetero) is 2. The zero-order chi connectivity index (χ0) is 16.6. The van der Waals surface area contributed by atoms with Gasteiger partial charge in [0, 0.05) is 0 Å². The molecule has 0 spiro atoms. The maximum Gasteiger partial charge on any atom is 0.212 e. The quantitative estimate of drug-likeness (QED) is 0.441. The minimum Gasteiger partial charge on any atom is -0.302 e. The van der Waals surface area contributed by atoms with E-state index >= 15 is 0 Å². The first-order chi connectivity index (χ1) is 8.69. The van der Waals surface area contributed by atoms with Crippen molar-refractivity contribution in [1.82, 2.24) is 0 Å². The second-order valence-corrected chi connectivity index (χ2v) is 7.80. The Morgan fingerprint density at radius 2 is 0.800 bits per heavy atom. The van der Waals surface area contributed by atoms with Gasteiger partial charge >= 0.3 is 0 Å². The summed E-state index contributed by atoms with van der Waals surface area (Å²) >= 11 is 0. The van der Waals surface area contributed by atoms with Gasteiger partial charge in [0.05, 0.1) is 10.8 Å². The Balaban J connectivity index is 5.91. The Bertz CT molecular complexity index is 394. The van der Waals surface area contributed by atoms with Crippen LogP contribution in [0.25, 0.3) is 0 Å². The first-order valence-electron chi connectivity index (χ1n) is 6.71. The van der Waals surface area contributed by atoms with Crippen molar-refractivity contribution < 1.29 is 19.2 Å². The van der Waals surface area contributed by atoms with Crippen LogP contribution >= 0.6 is 0 Å². The van der Waals surface area contributed by atoms with Gasteiger partial charge in [0.25, 0.3) is 0 Å². The largest absolute Gasteiger partial charge is 0.302 e. The Morgan fingerprint density at radius 3 is 0.900 bits per heavy atom. The highest BCUT2D eigenvalue weighted by molar-refractivity contribution is 6.46. The Labute approximate surface area is 121 Å². The van der Waals surface area contributed by atoms with Gasteiger partial charge in [-0.25, -0.2) is 0 Å². The molecule has 0 radical (unpaired) electrons. The molecule has 0 saturated carbocycles. The van der Waals surface area contributed by atoms with Crippen LogP contribution in [0.3, 0.4) is 0 Å². The Kier molecular flexibility index (Phi) is 4.88. The van der Waals surface area contributed by atoms with Crippen molar-refractivity contribution in [1.29, 1.82) is 0 Å². The predicted octanol–water partition coefficient (Wildman–Crippen LogP) is 2.63. The lowest BCUT2D eigenvalue weighted by Gasteiger charge is -2.40. The summed E-state index contributed by atoms with van der Waals surface area (Å²) in [5.74, 6) is -1.60. The van der Waals surface area contributed by atoms with Crippen molar-refractivity contribution in [3.63, 3.8) is 0 Å². The fourth-order valence-electron chi connectivity index (χ4n) is 1.61. The van der Waals surface area contributed by atoms with Crippen LogP contribution in [0.5, 0.6) is 0 Å². The highest BCUT2D eigenvalue weighted by Gasteiger charge is 2.54. The predicted molar refractivity (Wildman–Crippen MR) is 77.3 cm³/mol. The van der Waals surface area contributed by atoms with E-state index in [0.29, 0.717) is 12.6 Å². The minimum atomic E-state index is -1.44. The molecular weight excluding hydrogens is 256 g/mol. The zero-order valence-electron chi connectivity index (χ0n) is 13.8. The van der Waals surface area contributed by atoms with Gasteiger partial charge in [-0.2, -0.15) is 0 Å². The molecule has 0 aromatic carbocycles. The smallest absolute Gasteiger partial charge is 0.212 e. The summed E-state index contributed by atoms with van der Waals surface area (Å²) in [5.41, 5.74) is -4.30. The molecule has 2 unspecified atom stereocenters. The van der Waals surface area contributed by atoms with Crippen molar-refractivity contribution in [2.45, 2.75) is 55.4 Å². The molecule has 0 heterocycles. The summed E-state index contributed by atoms with van der Waals surface area (Å²) in [5, 5.41) is 0. The molecule has 4 heteroatoms. The number of ketones is 2. The van der Waals surface area contributed by atoms with Gasteiger partial charge in [-0.1, -0.05) is 41.5 Å². The lowest BCUT2D eigenvalue weighted by Crippen LogP contribution is -2.53. The maximum absolute atomic E-state index is 12.6. The second kappa shape index (κ2) is 5.23. The molecule has 0 aliphatic heterocycles. The number of hydrogen-bond acceptors (Lipinski definition) is 4. The fraction of sp³-hybridized carbons (Fsp3) is 0.750. The van der Waals surface area contributed by atoms with Crippen molar-refractivity contribution in [3.8, 4) is 0 Å². The molecular formula is C16H26O4. The number of hydrogen-bond donors (Lipinski definition) is 0. The topological polar surface area (TPSA) is 68.3 Å². The van der Waals surface area contributed by atoms with E-state index in [4.69, 9.17) is 0 Å². The van der Waals surface area contributed by atoms with Gasteiger partial charge in [0.1, 0.15) is 12.6 Å². The molecule has 2 atom stereocenters. The average molecular weight is 282 g/mol. The molecule has 0 amide bonds. The number of aldehydes is 2. The summed E-state index contributed by atoms with van der Waals surface area (Å²) in [6.45, 7) is 13.2. The van der Waals surface area contributed by atoms with Crippen molar-refractivity contribution in [2.24, 2.45) is 21.7 Å². The van der Waals surface area contributed by atoms with Gasteiger partial charge in [-0.05, 0) is 24.7 Å². The molecule has 0 rings (SSSR count). The number of rotatable bonds is 5. The van der Waals surface area contributed by atoms with E-state index in [-0.39, 0.29) is 0 Å². The average Bonchev–Trinajstić information content (AvgIpc) is 2.31. The van der Waals surface area contributed by atoms with Gasteiger partial charge in [-0.3, -0.25) is 9.59 Å². The van der Waals surface area contributed by atoms with Crippen LogP contribution in [-0.2, 0) is 19.2 Å². The monoisotopic (exact) mass is 282 g/mol. The molecule has 0 aromatic heterocycles. The highest BCUT2D eigenvalue weighted by atomic mass is 16.2. The first-order valence-corrected chi connectivity index (χ1v) is 6.71. The third-order valence-corrected chi connectivity index (χ3v) is 4.74. The summed E-state index contributed by atoms with van der Waals surface area (Å²) < 4.78 is 0. The number of carbonyl (C=O) groups is 4. The minimum absolute atomic E-state index is 0.515. The molecule has 0 bridgehead atoms. The molecule has 0 N–H and O–H groups in total. The fourth-order valence-corrected chi connectivity index (χ4v) is 1.61. The van der Waals surface area contributed by atoms with Crippen LogP contribution in [0.4, 0.5) is 0 Å². The molecule has 0 aromatic rings. The van der Waals surface area contributed by atoms with Gasteiger partial charge in [0.15, 0.2) is 0 Å². The maximum atomic E-state index is 12.6. The van der Waals surface area contributed by atoms with Crippen LogP contribution in [0, 0.1) is 21.7 Å². The van der Waals surface area contributed by atoms with Crippen molar-refractivity contribution in [2.75, 3.05) is 0 Å². The molecule has 20 heavy (non-hydrogen) atoms. The molecule has 114 valence electrons. The highest BCUT2D eigenvalue weighted by Crippen LogP contribution is 2.43. The summed E-state index contributed by atoms with van der Waals surface area (Å²) in [6, 6.07) is 0. The number of carbonyl (C=O) groups excluding carboxylic acids is 4. The van der Waals surface area contributed by atoms with E-state index in [9.17, 15) is 19.2 Å². The van der Waals surface area contributed by atoms with E-state index in [1.54, 1.807) is 41.5 Å². The van der Waals surface area contributed by atoms with Crippen LogP contribution in [-0.4, -0.2) is 24.1 Å². The lowest BCUT2D eigenvalue weighted by atomic mass is 9.59. The molecule has 4 nitrogen and oxygen atoms in total. The standard InChI is InChI=1S/C16H26O4/c1-13(2,3)15(7,9-17)11(19)12(20)16(8,10-18)14(4,5)6/h9-10H,1-8H3. The van der Waals surface area contributed by atoms with Crippen LogP contribution in [0.2, 0.25) is 0 Å². The van der Waals surface area contributed by atoms with Crippen molar-refractivity contribution >= 4 is 24.1 Å². The first kappa shape index (κ1) is 18.7. The van der Waals surface area contributed by atoms with E-state index in [2.05, 4.69) is 0 Å². The molecule has 0 fully saturated rings. The van der Waals surface area contributed by atoms with E-state index in [0.717, 1.165) is 0 Å². The Morgan fingerprint density at radius 1 is 0.600 bits per heavy atom. The summed E-state index contributed by atoms with van der Waals surface area (Å²) in [7, 11) is 0. The molecule has 0 aliphatic carbocycles.